The zero-order chi connectivity index (χ0) is 27.1. The van der Waals surface area contributed by atoms with Gasteiger partial charge in [0.05, 0.1) is 31.5 Å². The lowest BCUT2D eigenvalue weighted by Crippen LogP contribution is -2.46. The standard InChI is InChI=1S/C30H29N3O6/c1-38-28(36)13-23(21-9-10-31-24-6-3-2-5-22(21)24)30-29(37)26(34)12-20(39-30)17-32-14-18-11-19(16-32)25-7-4-8-27(35)33(25)15-18/h2-10,12,18-19,23,37H,11,13-17H2,1H3/t18-,19+,23-/m0/s1. The van der Waals surface area contributed by atoms with Crippen LogP contribution in [0.4, 0.5) is 0 Å². The summed E-state index contributed by atoms with van der Waals surface area (Å²) in [6.45, 7) is 2.52. The topological polar surface area (TPSA) is 115 Å². The molecule has 3 aromatic heterocycles. The number of likely N-dealkylation sites (tertiary alicyclic amines) is 1. The molecule has 0 aliphatic carbocycles. The summed E-state index contributed by atoms with van der Waals surface area (Å²) in [7, 11) is 1.30. The third-order valence-electron chi connectivity index (χ3n) is 7.91. The number of ether oxygens (including phenoxy) is 1. The highest BCUT2D eigenvalue weighted by Crippen LogP contribution is 2.38. The smallest absolute Gasteiger partial charge is 0.306 e. The fourth-order valence-electron chi connectivity index (χ4n) is 6.23. The molecular weight excluding hydrogens is 498 g/mol. The van der Waals surface area contributed by atoms with Gasteiger partial charge < -0.3 is 18.8 Å². The van der Waals surface area contributed by atoms with Crippen LogP contribution in [-0.4, -0.2) is 45.7 Å². The number of benzene rings is 1. The van der Waals surface area contributed by atoms with E-state index in [9.17, 15) is 19.5 Å². The Labute approximate surface area is 224 Å². The normalized spacial score (nSPS) is 19.4. The number of esters is 1. The maximum Gasteiger partial charge on any atom is 0.306 e. The van der Waals surface area contributed by atoms with Gasteiger partial charge >= 0.3 is 5.97 Å². The molecule has 1 N–H and O–H groups in total. The largest absolute Gasteiger partial charge is 0.502 e. The predicted octanol–water partition coefficient (Wildman–Crippen LogP) is 3.37. The Kier molecular flexibility index (Phi) is 6.52. The van der Waals surface area contributed by atoms with Crippen molar-refractivity contribution in [3.05, 3.63) is 104 Å². The molecule has 1 fully saturated rings. The lowest BCUT2D eigenvalue weighted by Gasteiger charge is -2.42. The van der Waals surface area contributed by atoms with Crippen LogP contribution >= 0.6 is 0 Å². The molecule has 39 heavy (non-hydrogen) atoms. The van der Waals surface area contributed by atoms with Gasteiger partial charge in [0, 0.05) is 55.0 Å². The molecule has 6 rings (SSSR count). The van der Waals surface area contributed by atoms with Crippen LogP contribution in [0.5, 0.6) is 5.75 Å². The second-order valence-electron chi connectivity index (χ2n) is 10.4. The average molecular weight is 528 g/mol. The number of aromatic nitrogens is 2. The summed E-state index contributed by atoms with van der Waals surface area (Å²) in [4.78, 5) is 44.4. The number of para-hydroxylation sites is 1. The SMILES string of the molecule is COC(=O)C[C@H](c1oc(CN2C[C@@H]3C[C@H](C2)c2cccc(=O)n2C3)cc(=O)c1O)c1ccnc2ccccc12. The minimum absolute atomic E-state index is 0.0325. The summed E-state index contributed by atoms with van der Waals surface area (Å²) < 4.78 is 13.1. The molecule has 3 atom stereocenters. The zero-order valence-corrected chi connectivity index (χ0v) is 21.6. The van der Waals surface area contributed by atoms with E-state index in [1.54, 1.807) is 18.3 Å². The van der Waals surface area contributed by atoms with Crippen LogP contribution in [0, 0.1) is 5.92 Å². The molecule has 0 saturated carbocycles. The van der Waals surface area contributed by atoms with Crippen LogP contribution in [-0.2, 0) is 22.6 Å². The summed E-state index contributed by atoms with van der Waals surface area (Å²) in [5.74, 6) is -0.791. The van der Waals surface area contributed by atoms with E-state index in [4.69, 9.17) is 9.15 Å². The number of carbonyl (C=O) groups is 1. The number of rotatable bonds is 6. The summed E-state index contributed by atoms with van der Waals surface area (Å²) in [6.07, 6.45) is 2.53. The lowest BCUT2D eigenvalue weighted by atomic mass is 9.83. The van der Waals surface area contributed by atoms with Crippen LogP contribution in [0.25, 0.3) is 10.9 Å². The summed E-state index contributed by atoms with van der Waals surface area (Å²) in [6, 6.07) is 16.0. The highest BCUT2D eigenvalue weighted by Gasteiger charge is 2.35. The molecule has 9 heteroatoms. The first kappa shape index (κ1) is 25.1. The molecule has 5 heterocycles. The van der Waals surface area contributed by atoms with E-state index in [-0.39, 0.29) is 23.7 Å². The van der Waals surface area contributed by atoms with Gasteiger partial charge in [0.25, 0.3) is 5.56 Å². The monoisotopic (exact) mass is 527 g/mol. The van der Waals surface area contributed by atoms with Gasteiger partial charge in [-0.15, -0.1) is 0 Å². The van der Waals surface area contributed by atoms with Crippen molar-refractivity contribution in [1.29, 1.82) is 0 Å². The van der Waals surface area contributed by atoms with E-state index in [0.29, 0.717) is 30.3 Å². The second-order valence-corrected chi connectivity index (χ2v) is 10.4. The van der Waals surface area contributed by atoms with Crippen molar-refractivity contribution in [2.24, 2.45) is 5.92 Å². The van der Waals surface area contributed by atoms with Crippen LogP contribution in [0.3, 0.4) is 0 Å². The quantitative estimate of drug-likeness (QED) is 0.380. The number of carbonyl (C=O) groups excluding carboxylic acids is 1. The number of aromatic hydroxyl groups is 1. The third-order valence-corrected chi connectivity index (χ3v) is 7.91. The molecule has 0 radical (unpaired) electrons. The van der Waals surface area contributed by atoms with E-state index in [0.717, 1.165) is 36.1 Å². The second kappa shape index (κ2) is 10.1. The van der Waals surface area contributed by atoms with Crippen molar-refractivity contribution < 1.29 is 19.1 Å². The Morgan fingerprint density at radius 3 is 2.82 bits per heavy atom. The molecule has 0 amide bonds. The van der Waals surface area contributed by atoms with Gasteiger partial charge in [-0.3, -0.25) is 24.3 Å². The summed E-state index contributed by atoms with van der Waals surface area (Å²) in [5.41, 5.74) is 1.94. The molecule has 4 aromatic rings. The van der Waals surface area contributed by atoms with Gasteiger partial charge in [-0.2, -0.15) is 0 Å². The van der Waals surface area contributed by atoms with Gasteiger partial charge in [0.15, 0.2) is 5.76 Å². The Morgan fingerprint density at radius 2 is 1.97 bits per heavy atom. The fourth-order valence-corrected chi connectivity index (χ4v) is 6.23. The first-order valence-electron chi connectivity index (χ1n) is 13.1. The van der Waals surface area contributed by atoms with Crippen molar-refractivity contribution in [1.82, 2.24) is 14.5 Å². The molecular formula is C30H29N3O6. The van der Waals surface area contributed by atoms with Gasteiger partial charge in [0.2, 0.25) is 11.2 Å². The number of fused-ring (bicyclic) bond motifs is 5. The Balaban J connectivity index is 1.35. The van der Waals surface area contributed by atoms with Crippen molar-refractivity contribution in [2.45, 2.75) is 37.8 Å². The summed E-state index contributed by atoms with van der Waals surface area (Å²) >= 11 is 0. The van der Waals surface area contributed by atoms with E-state index in [2.05, 4.69) is 9.88 Å². The van der Waals surface area contributed by atoms with Crippen molar-refractivity contribution in [3.8, 4) is 5.75 Å². The zero-order valence-electron chi connectivity index (χ0n) is 21.6. The highest BCUT2D eigenvalue weighted by atomic mass is 16.5. The Hall–Kier alpha value is -4.24. The number of hydrogen-bond donors (Lipinski definition) is 1. The molecule has 9 nitrogen and oxygen atoms in total. The summed E-state index contributed by atoms with van der Waals surface area (Å²) in [5, 5.41) is 11.7. The van der Waals surface area contributed by atoms with Crippen LogP contribution in [0.1, 0.15) is 47.5 Å². The van der Waals surface area contributed by atoms with E-state index < -0.39 is 23.1 Å². The maximum absolute atomic E-state index is 13.0. The van der Waals surface area contributed by atoms with Gasteiger partial charge in [0.1, 0.15) is 5.76 Å². The van der Waals surface area contributed by atoms with Crippen molar-refractivity contribution in [2.75, 3.05) is 20.2 Å². The molecule has 1 aromatic carbocycles. The van der Waals surface area contributed by atoms with Crippen LogP contribution < -0.4 is 11.0 Å². The first-order chi connectivity index (χ1) is 18.9. The Bertz CT molecular complexity index is 1670. The number of hydrogen-bond acceptors (Lipinski definition) is 8. The number of pyridine rings is 2. The maximum atomic E-state index is 13.0. The molecule has 2 aliphatic heterocycles. The van der Waals surface area contributed by atoms with Crippen molar-refractivity contribution in [3.63, 3.8) is 0 Å². The predicted molar refractivity (Wildman–Crippen MR) is 144 cm³/mol. The average Bonchev–Trinajstić information content (AvgIpc) is 2.94. The van der Waals surface area contributed by atoms with Crippen molar-refractivity contribution >= 4 is 16.9 Å². The Morgan fingerprint density at radius 1 is 1.13 bits per heavy atom. The van der Waals surface area contributed by atoms with E-state index >= 15 is 0 Å². The number of methoxy groups -OCH3 is 1. The minimum atomic E-state index is -0.752. The van der Waals surface area contributed by atoms with Gasteiger partial charge in [-0.1, -0.05) is 24.3 Å². The molecule has 0 unspecified atom stereocenters. The van der Waals surface area contributed by atoms with Gasteiger partial charge in [-0.25, -0.2) is 0 Å². The lowest BCUT2D eigenvalue weighted by molar-refractivity contribution is -0.140. The highest BCUT2D eigenvalue weighted by molar-refractivity contribution is 5.84. The van der Waals surface area contributed by atoms with E-state index in [1.165, 1.54) is 13.2 Å². The number of piperidine rings is 1. The molecule has 2 bridgehead atoms. The molecule has 1 saturated heterocycles. The van der Waals surface area contributed by atoms with E-state index in [1.807, 2.05) is 41.0 Å². The fraction of sp³-hybridized carbons (Fsp3) is 0.333. The first-order valence-corrected chi connectivity index (χ1v) is 13.1. The van der Waals surface area contributed by atoms with Gasteiger partial charge in [-0.05, 0) is 36.1 Å². The van der Waals surface area contributed by atoms with Crippen LogP contribution in [0.2, 0.25) is 0 Å². The molecule has 200 valence electrons. The third kappa shape index (κ3) is 4.74. The number of nitrogens with zero attached hydrogens (tertiary/aromatic N) is 3. The van der Waals surface area contributed by atoms with Crippen LogP contribution in [0.15, 0.2) is 74.8 Å². The minimum Gasteiger partial charge on any atom is -0.502 e. The molecule has 0 spiro atoms. The molecule has 2 aliphatic rings.